The number of carboxylic acids is 1. The van der Waals surface area contributed by atoms with Gasteiger partial charge in [0.15, 0.2) is 0 Å². The van der Waals surface area contributed by atoms with Crippen LogP contribution < -0.4 is 0 Å². The summed E-state index contributed by atoms with van der Waals surface area (Å²) in [6.45, 7) is 2.60. The Bertz CT molecular complexity index is 503. The largest absolute Gasteiger partial charge is 0.481 e. The highest BCUT2D eigenvalue weighted by atomic mass is 32.1. The maximum absolute atomic E-state index is 12.3. The molecule has 1 aromatic heterocycles. The van der Waals surface area contributed by atoms with E-state index in [1.807, 2.05) is 18.4 Å². The first kappa shape index (κ1) is 15.0. The Balaban J connectivity index is 2.00. The van der Waals surface area contributed by atoms with E-state index in [-0.39, 0.29) is 12.3 Å². The molecular formula is C15H21NO3S. The number of carbonyl (C=O) groups is 2. The van der Waals surface area contributed by atoms with Crippen molar-refractivity contribution in [1.29, 1.82) is 0 Å². The first-order chi connectivity index (χ1) is 9.44. The molecule has 1 N–H and O–H groups in total. The average molecular weight is 295 g/mol. The van der Waals surface area contributed by atoms with Crippen LogP contribution in [0.1, 0.15) is 42.5 Å². The Kier molecular flexibility index (Phi) is 4.48. The summed E-state index contributed by atoms with van der Waals surface area (Å²) in [5.41, 5.74) is 0.360. The van der Waals surface area contributed by atoms with Gasteiger partial charge >= 0.3 is 5.97 Å². The smallest absolute Gasteiger partial charge is 0.310 e. The maximum Gasteiger partial charge on any atom is 0.310 e. The van der Waals surface area contributed by atoms with E-state index in [1.54, 1.807) is 23.3 Å². The second-order valence-corrected chi connectivity index (χ2v) is 6.75. The average Bonchev–Trinajstić information content (AvgIpc) is 3.00. The Morgan fingerprint density at radius 2 is 2.05 bits per heavy atom. The molecule has 0 atom stereocenters. The molecule has 1 heterocycles. The number of rotatable bonds is 5. The van der Waals surface area contributed by atoms with E-state index in [4.69, 9.17) is 0 Å². The molecule has 110 valence electrons. The van der Waals surface area contributed by atoms with Crippen molar-refractivity contribution < 1.29 is 14.7 Å². The number of thiophene rings is 1. The van der Waals surface area contributed by atoms with Crippen LogP contribution >= 0.6 is 11.3 Å². The van der Waals surface area contributed by atoms with Gasteiger partial charge in [0.1, 0.15) is 0 Å². The van der Waals surface area contributed by atoms with Crippen LogP contribution in [0.15, 0.2) is 11.4 Å². The SMILES string of the molecule is Cc1ccsc1CN(C)C(=O)CC1(C(=O)O)CCCC1. The van der Waals surface area contributed by atoms with Crippen molar-refractivity contribution in [2.24, 2.45) is 5.41 Å². The topological polar surface area (TPSA) is 57.6 Å². The molecule has 1 amide bonds. The van der Waals surface area contributed by atoms with E-state index in [0.29, 0.717) is 19.4 Å². The lowest BCUT2D eigenvalue weighted by Crippen LogP contribution is -2.36. The van der Waals surface area contributed by atoms with E-state index in [1.165, 1.54) is 5.56 Å². The maximum atomic E-state index is 12.3. The van der Waals surface area contributed by atoms with Gasteiger partial charge in [0.2, 0.25) is 5.91 Å². The van der Waals surface area contributed by atoms with Gasteiger partial charge in [-0.2, -0.15) is 0 Å². The molecule has 1 aliphatic rings. The van der Waals surface area contributed by atoms with Crippen molar-refractivity contribution in [2.45, 2.75) is 45.6 Å². The van der Waals surface area contributed by atoms with E-state index in [9.17, 15) is 14.7 Å². The van der Waals surface area contributed by atoms with Crippen LogP contribution in [0.3, 0.4) is 0 Å². The fraction of sp³-hybridized carbons (Fsp3) is 0.600. The van der Waals surface area contributed by atoms with Gasteiger partial charge in [0.25, 0.3) is 0 Å². The number of carbonyl (C=O) groups excluding carboxylic acids is 1. The Hall–Kier alpha value is -1.36. The molecule has 0 aliphatic heterocycles. The second kappa shape index (κ2) is 5.95. The van der Waals surface area contributed by atoms with Gasteiger partial charge in [-0.05, 0) is 36.8 Å². The zero-order chi connectivity index (χ0) is 14.8. The van der Waals surface area contributed by atoms with E-state index in [0.717, 1.165) is 17.7 Å². The molecule has 2 rings (SSSR count). The number of nitrogens with zero attached hydrogens (tertiary/aromatic N) is 1. The number of amides is 1. The first-order valence-electron chi connectivity index (χ1n) is 6.95. The highest BCUT2D eigenvalue weighted by molar-refractivity contribution is 7.10. The van der Waals surface area contributed by atoms with Gasteiger partial charge in [0.05, 0.1) is 12.0 Å². The molecule has 0 bridgehead atoms. The van der Waals surface area contributed by atoms with Gasteiger partial charge in [0, 0.05) is 18.3 Å². The molecule has 0 spiro atoms. The van der Waals surface area contributed by atoms with Crippen molar-refractivity contribution in [3.8, 4) is 0 Å². The minimum absolute atomic E-state index is 0.0675. The van der Waals surface area contributed by atoms with Gasteiger partial charge in [-0.15, -0.1) is 11.3 Å². The summed E-state index contributed by atoms with van der Waals surface area (Å²) in [6.07, 6.45) is 3.20. The fourth-order valence-corrected chi connectivity index (χ4v) is 3.77. The quantitative estimate of drug-likeness (QED) is 0.908. The predicted octanol–water partition coefficient (Wildman–Crippen LogP) is 3.05. The third kappa shape index (κ3) is 3.03. The minimum atomic E-state index is -0.824. The van der Waals surface area contributed by atoms with Crippen molar-refractivity contribution in [2.75, 3.05) is 7.05 Å². The van der Waals surface area contributed by atoms with Crippen LogP contribution in [0.25, 0.3) is 0 Å². The highest BCUT2D eigenvalue weighted by Crippen LogP contribution is 2.41. The Morgan fingerprint density at radius 3 is 2.55 bits per heavy atom. The Morgan fingerprint density at radius 1 is 1.40 bits per heavy atom. The van der Waals surface area contributed by atoms with Crippen molar-refractivity contribution in [3.63, 3.8) is 0 Å². The summed E-state index contributed by atoms with van der Waals surface area (Å²) < 4.78 is 0. The molecule has 0 unspecified atom stereocenters. The van der Waals surface area contributed by atoms with Crippen molar-refractivity contribution >= 4 is 23.2 Å². The number of aliphatic carboxylic acids is 1. The third-order valence-electron chi connectivity index (χ3n) is 4.28. The summed E-state index contributed by atoms with van der Waals surface area (Å²) >= 11 is 1.63. The molecular weight excluding hydrogens is 274 g/mol. The van der Waals surface area contributed by atoms with Crippen LogP contribution in [0.2, 0.25) is 0 Å². The summed E-state index contributed by atoms with van der Waals surface area (Å²) in [4.78, 5) is 26.6. The van der Waals surface area contributed by atoms with Crippen LogP contribution in [0.5, 0.6) is 0 Å². The normalized spacial score (nSPS) is 17.1. The zero-order valence-corrected chi connectivity index (χ0v) is 12.8. The predicted molar refractivity (Wildman–Crippen MR) is 78.7 cm³/mol. The lowest BCUT2D eigenvalue weighted by molar-refractivity contribution is -0.153. The summed E-state index contributed by atoms with van der Waals surface area (Å²) in [7, 11) is 1.76. The van der Waals surface area contributed by atoms with Gasteiger partial charge < -0.3 is 10.0 Å². The highest BCUT2D eigenvalue weighted by Gasteiger charge is 2.43. The molecule has 0 aromatic carbocycles. The molecule has 5 heteroatoms. The fourth-order valence-electron chi connectivity index (χ4n) is 2.81. The molecule has 4 nitrogen and oxygen atoms in total. The second-order valence-electron chi connectivity index (χ2n) is 5.75. The Labute approximate surface area is 123 Å². The molecule has 1 saturated carbocycles. The lowest BCUT2D eigenvalue weighted by Gasteiger charge is -2.26. The number of carboxylic acid groups (broad SMARTS) is 1. The van der Waals surface area contributed by atoms with E-state index >= 15 is 0 Å². The van der Waals surface area contributed by atoms with Crippen molar-refractivity contribution in [3.05, 3.63) is 21.9 Å². The van der Waals surface area contributed by atoms with Crippen LogP contribution in [-0.4, -0.2) is 28.9 Å². The number of aryl methyl sites for hydroxylation is 1. The van der Waals surface area contributed by atoms with Crippen molar-refractivity contribution in [1.82, 2.24) is 4.90 Å². The van der Waals surface area contributed by atoms with Gasteiger partial charge in [-0.25, -0.2) is 0 Å². The summed E-state index contributed by atoms with van der Waals surface area (Å²) in [6, 6.07) is 2.04. The monoisotopic (exact) mass is 295 g/mol. The molecule has 0 radical (unpaired) electrons. The molecule has 1 aliphatic carbocycles. The standard InChI is InChI=1S/C15H21NO3S/c1-11-5-8-20-12(11)10-16(2)13(17)9-15(14(18)19)6-3-4-7-15/h5,8H,3-4,6-7,9-10H2,1-2H3,(H,18,19). The zero-order valence-electron chi connectivity index (χ0n) is 12.0. The lowest BCUT2D eigenvalue weighted by atomic mass is 9.82. The molecule has 20 heavy (non-hydrogen) atoms. The van der Waals surface area contributed by atoms with E-state index < -0.39 is 11.4 Å². The van der Waals surface area contributed by atoms with Gasteiger partial charge in [-0.3, -0.25) is 9.59 Å². The molecule has 1 fully saturated rings. The van der Waals surface area contributed by atoms with Crippen LogP contribution in [0.4, 0.5) is 0 Å². The third-order valence-corrected chi connectivity index (χ3v) is 5.29. The summed E-state index contributed by atoms with van der Waals surface area (Å²) in [5.74, 6) is -0.883. The number of hydrogen-bond acceptors (Lipinski definition) is 3. The molecule has 1 aromatic rings. The van der Waals surface area contributed by atoms with E-state index in [2.05, 4.69) is 0 Å². The number of hydrogen-bond donors (Lipinski definition) is 1. The first-order valence-corrected chi connectivity index (χ1v) is 7.83. The van der Waals surface area contributed by atoms with Crippen LogP contribution in [0, 0.1) is 12.3 Å². The van der Waals surface area contributed by atoms with Gasteiger partial charge in [-0.1, -0.05) is 12.8 Å². The molecule has 0 saturated heterocycles. The van der Waals surface area contributed by atoms with Crippen LogP contribution in [-0.2, 0) is 16.1 Å². The summed E-state index contributed by atoms with van der Waals surface area (Å²) in [5, 5.41) is 11.4. The minimum Gasteiger partial charge on any atom is -0.481 e.